The van der Waals surface area contributed by atoms with Crippen LogP contribution in [0.2, 0.25) is 0 Å². The molecule has 0 aromatic rings. The van der Waals surface area contributed by atoms with Gasteiger partial charge in [-0.3, -0.25) is 4.79 Å². The summed E-state index contributed by atoms with van der Waals surface area (Å²) in [5.41, 5.74) is 0. The van der Waals surface area contributed by atoms with E-state index in [0.717, 1.165) is 30.1 Å². The largest absolute Gasteiger partial charge is 0.466 e. The minimum Gasteiger partial charge on any atom is -0.466 e. The van der Waals surface area contributed by atoms with Gasteiger partial charge in [0, 0.05) is 6.42 Å². The van der Waals surface area contributed by atoms with Gasteiger partial charge in [-0.05, 0) is 62.7 Å². The van der Waals surface area contributed by atoms with Crippen LogP contribution < -0.4 is 0 Å². The smallest absolute Gasteiger partial charge is 0.305 e. The molecule has 0 bridgehead atoms. The zero-order valence-electron chi connectivity index (χ0n) is 15.3. The molecule has 1 fully saturated rings. The quantitative estimate of drug-likeness (QED) is 0.300. The van der Waals surface area contributed by atoms with Gasteiger partial charge < -0.3 is 4.74 Å². The van der Waals surface area contributed by atoms with Crippen molar-refractivity contribution in [3.8, 4) is 0 Å². The van der Waals surface area contributed by atoms with Crippen LogP contribution in [0.4, 0.5) is 0 Å². The van der Waals surface area contributed by atoms with E-state index < -0.39 is 0 Å². The van der Waals surface area contributed by atoms with E-state index in [0.29, 0.717) is 13.0 Å². The number of fused-ring (bicyclic) bond motifs is 1. The molecular weight excluding hydrogens is 284 g/mol. The van der Waals surface area contributed by atoms with Crippen LogP contribution in [0, 0.1) is 23.7 Å². The van der Waals surface area contributed by atoms with Gasteiger partial charge >= 0.3 is 5.97 Å². The summed E-state index contributed by atoms with van der Waals surface area (Å²) < 4.78 is 5.09. The molecule has 1 saturated carbocycles. The molecule has 2 rings (SSSR count). The molecule has 0 spiro atoms. The third-order valence-corrected chi connectivity index (χ3v) is 5.94. The molecular formula is C21H36O2. The highest BCUT2D eigenvalue weighted by atomic mass is 16.5. The van der Waals surface area contributed by atoms with Gasteiger partial charge in [-0.2, -0.15) is 0 Å². The van der Waals surface area contributed by atoms with Gasteiger partial charge in [0.05, 0.1) is 6.61 Å². The first-order chi connectivity index (χ1) is 11.3. The van der Waals surface area contributed by atoms with E-state index in [4.69, 9.17) is 4.74 Å². The lowest BCUT2D eigenvalue weighted by Crippen LogP contribution is -2.33. The average molecular weight is 321 g/mol. The number of hydrogen-bond donors (Lipinski definition) is 0. The molecule has 0 aromatic heterocycles. The SMILES string of the molecule is CCCCCC1C=CC2CCCCC2C1CCCC(=O)OCC. The average Bonchev–Trinajstić information content (AvgIpc) is 2.56. The number of carbonyl (C=O) groups excluding carboxylic acids is 1. The van der Waals surface area contributed by atoms with Crippen molar-refractivity contribution in [2.24, 2.45) is 23.7 Å². The summed E-state index contributed by atoms with van der Waals surface area (Å²) >= 11 is 0. The number of esters is 1. The maximum atomic E-state index is 11.6. The molecule has 0 saturated heterocycles. The van der Waals surface area contributed by atoms with Crippen molar-refractivity contribution in [3.05, 3.63) is 12.2 Å². The number of unbranched alkanes of at least 4 members (excludes halogenated alkanes) is 2. The second kappa shape index (κ2) is 10.2. The van der Waals surface area contributed by atoms with Crippen LogP contribution in [-0.2, 0) is 9.53 Å². The number of rotatable bonds is 9. The highest BCUT2D eigenvalue weighted by Crippen LogP contribution is 2.46. The van der Waals surface area contributed by atoms with Crippen LogP contribution in [0.5, 0.6) is 0 Å². The molecule has 2 aliphatic carbocycles. The normalized spacial score (nSPS) is 30.0. The van der Waals surface area contributed by atoms with Crippen molar-refractivity contribution in [3.63, 3.8) is 0 Å². The number of allylic oxidation sites excluding steroid dienone is 2. The Morgan fingerprint density at radius 2 is 1.87 bits per heavy atom. The number of hydrogen-bond acceptors (Lipinski definition) is 2. The Bertz CT molecular complexity index is 374. The third kappa shape index (κ3) is 5.65. The van der Waals surface area contributed by atoms with Crippen molar-refractivity contribution in [1.29, 1.82) is 0 Å². The van der Waals surface area contributed by atoms with Crippen molar-refractivity contribution in [1.82, 2.24) is 0 Å². The molecule has 2 nitrogen and oxygen atoms in total. The van der Waals surface area contributed by atoms with Crippen molar-refractivity contribution >= 4 is 5.97 Å². The van der Waals surface area contributed by atoms with E-state index in [1.165, 1.54) is 57.8 Å². The van der Waals surface area contributed by atoms with E-state index in [1.54, 1.807) is 0 Å². The second-order valence-electron chi connectivity index (χ2n) is 7.52. The third-order valence-electron chi connectivity index (χ3n) is 5.94. The summed E-state index contributed by atoms with van der Waals surface area (Å²) in [5, 5.41) is 0. The highest BCUT2D eigenvalue weighted by molar-refractivity contribution is 5.69. The van der Waals surface area contributed by atoms with Crippen molar-refractivity contribution < 1.29 is 9.53 Å². The van der Waals surface area contributed by atoms with Gasteiger partial charge in [0.1, 0.15) is 0 Å². The Morgan fingerprint density at radius 3 is 2.65 bits per heavy atom. The Hall–Kier alpha value is -0.790. The molecule has 0 aromatic carbocycles. The molecule has 4 atom stereocenters. The van der Waals surface area contributed by atoms with Gasteiger partial charge in [-0.25, -0.2) is 0 Å². The summed E-state index contributed by atoms with van der Waals surface area (Å²) in [5.74, 6) is 3.24. The number of carbonyl (C=O) groups is 1. The minimum atomic E-state index is -0.0124. The van der Waals surface area contributed by atoms with E-state index in [9.17, 15) is 4.79 Å². The lowest BCUT2D eigenvalue weighted by atomic mass is 9.62. The van der Waals surface area contributed by atoms with Crippen LogP contribution >= 0.6 is 0 Å². The molecule has 0 N–H and O–H groups in total. The lowest BCUT2D eigenvalue weighted by Gasteiger charge is -2.43. The standard InChI is InChI=1S/C21H36O2/c1-3-5-6-10-17-15-16-18-11-7-8-12-19(18)20(17)13-9-14-21(22)23-4-2/h15-20H,3-14H2,1-2H3. The van der Waals surface area contributed by atoms with Crippen LogP contribution in [-0.4, -0.2) is 12.6 Å². The first kappa shape index (κ1) is 18.5. The maximum absolute atomic E-state index is 11.6. The van der Waals surface area contributed by atoms with E-state index in [1.807, 2.05) is 6.92 Å². The monoisotopic (exact) mass is 320 g/mol. The predicted molar refractivity (Wildman–Crippen MR) is 96.2 cm³/mol. The Balaban J connectivity index is 1.91. The van der Waals surface area contributed by atoms with Crippen LogP contribution in [0.3, 0.4) is 0 Å². The summed E-state index contributed by atoms with van der Waals surface area (Å²) in [6.45, 7) is 4.68. The van der Waals surface area contributed by atoms with E-state index >= 15 is 0 Å². The second-order valence-corrected chi connectivity index (χ2v) is 7.52. The first-order valence-corrected chi connectivity index (χ1v) is 10.1. The molecule has 2 aliphatic rings. The number of ether oxygens (including phenoxy) is 1. The summed E-state index contributed by atoms with van der Waals surface area (Å²) in [6, 6.07) is 0. The Morgan fingerprint density at radius 1 is 1.04 bits per heavy atom. The maximum Gasteiger partial charge on any atom is 0.305 e. The van der Waals surface area contributed by atoms with E-state index in [-0.39, 0.29) is 5.97 Å². The van der Waals surface area contributed by atoms with Crippen LogP contribution in [0.1, 0.15) is 84.5 Å². The lowest BCUT2D eigenvalue weighted by molar-refractivity contribution is -0.143. The topological polar surface area (TPSA) is 26.3 Å². The molecule has 0 heterocycles. The van der Waals surface area contributed by atoms with Crippen molar-refractivity contribution in [2.75, 3.05) is 6.61 Å². The fourth-order valence-electron chi connectivity index (χ4n) is 4.79. The Kier molecular flexibility index (Phi) is 8.19. The van der Waals surface area contributed by atoms with Crippen molar-refractivity contribution in [2.45, 2.75) is 84.5 Å². The van der Waals surface area contributed by atoms with Crippen LogP contribution in [0.25, 0.3) is 0 Å². The van der Waals surface area contributed by atoms with Gasteiger partial charge in [-0.15, -0.1) is 0 Å². The molecule has 4 unspecified atom stereocenters. The van der Waals surface area contributed by atoms with Gasteiger partial charge in [0.15, 0.2) is 0 Å². The zero-order valence-corrected chi connectivity index (χ0v) is 15.3. The summed E-state index contributed by atoms with van der Waals surface area (Å²) in [4.78, 5) is 11.6. The van der Waals surface area contributed by atoms with Gasteiger partial charge in [-0.1, -0.05) is 51.2 Å². The minimum absolute atomic E-state index is 0.0124. The molecule has 0 radical (unpaired) electrons. The highest BCUT2D eigenvalue weighted by Gasteiger charge is 2.36. The van der Waals surface area contributed by atoms with Gasteiger partial charge in [0.25, 0.3) is 0 Å². The molecule has 2 heteroatoms. The van der Waals surface area contributed by atoms with E-state index in [2.05, 4.69) is 19.1 Å². The Labute approximate surface area is 143 Å². The summed E-state index contributed by atoms with van der Waals surface area (Å²) in [6.07, 6.45) is 18.9. The molecule has 23 heavy (non-hydrogen) atoms. The summed E-state index contributed by atoms with van der Waals surface area (Å²) in [7, 11) is 0. The zero-order chi connectivity index (χ0) is 16.5. The molecule has 132 valence electrons. The van der Waals surface area contributed by atoms with Crippen LogP contribution in [0.15, 0.2) is 12.2 Å². The molecule has 0 amide bonds. The fraction of sp³-hybridized carbons (Fsp3) is 0.857. The predicted octanol–water partition coefficient (Wildman–Crippen LogP) is 5.91. The first-order valence-electron chi connectivity index (χ1n) is 10.1. The fourth-order valence-corrected chi connectivity index (χ4v) is 4.79. The van der Waals surface area contributed by atoms with Gasteiger partial charge in [0.2, 0.25) is 0 Å². The molecule has 0 aliphatic heterocycles.